The lowest BCUT2D eigenvalue weighted by Crippen LogP contribution is -2.44. The van der Waals surface area contributed by atoms with Crippen LogP contribution in [0.3, 0.4) is 0 Å². The highest BCUT2D eigenvalue weighted by Crippen LogP contribution is 2.28. The molecule has 1 fully saturated rings. The Kier molecular flexibility index (Phi) is 4.59. The first-order chi connectivity index (χ1) is 8.26. The summed E-state index contributed by atoms with van der Waals surface area (Å²) in [4.78, 5) is 24.8. The van der Waals surface area contributed by atoms with Gasteiger partial charge in [-0.1, -0.05) is 6.92 Å². The van der Waals surface area contributed by atoms with Crippen molar-refractivity contribution in [3.63, 3.8) is 0 Å². The molecule has 2 atom stereocenters. The molecule has 2 unspecified atom stereocenters. The summed E-state index contributed by atoms with van der Waals surface area (Å²) in [7, 11) is 0. The number of ether oxygens (including phenoxy) is 1. The number of carbonyl (C=O) groups is 2. The molecule has 0 aliphatic carbocycles. The van der Waals surface area contributed by atoms with Crippen molar-refractivity contribution in [1.29, 1.82) is 0 Å². The molecule has 1 amide bonds. The van der Waals surface area contributed by atoms with Crippen molar-refractivity contribution in [1.82, 2.24) is 4.90 Å². The molecule has 0 aromatic rings. The second kappa shape index (κ2) is 5.59. The number of amides is 1. The summed E-state index contributed by atoms with van der Waals surface area (Å²) in [6, 6.07) is -0.234. The van der Waals surface area contributed by atoms with E-state index in [1.54, 1.807) is 4.90 Å². The zero-order chi connectivity index (χ0) is 13.9. The highest BCUT2D eigenvalue weighted by molar-refractivity contribution is 5.74. The Morgan fingerprint density at radius 2 is 2.06 bits per heavy atom. The third-order valence-corrected chi connectivity index (χ3v) is 3.15. The van der Waals surface area contributed by atoms with Crippen LogP contribution in [0.1, 0.15) is 47.0 Å². The second-order valence-electron chi connectivity index (χ2n) is 5.74. The maximum atomic E-state index is 12.0. The van der Waals surface area contributed by atoms with Gasteiger partial charge in [0, 0.05) is 12.6 Å². The van der Waals surface area contributed by atoms with E-state index in [-0.39, 0.29) is 6.04 Å². The number of rotatable bonds is 3. The first-order valence-electron chi connectivity index (χ1n) is 6.48. The van der Waals surface area contributed by atoms with Gasteiger partial charge in [-0.3, -0.25) is 4.79 Å². The number of hydrogen-bond acceptors (Lipinski definition) is 3. The Bertz CT molecular complexity index is 321. The molecule has 18 heavy (non-hydrogen) atoms. The molecule has 1 aliphatic heterocycles. The molecule has 1 rings (SSSR count). The summed E-state index contributed by atoms with van der Waals surface area (Å²) in [6.45, 7) is 7.85. The fraction of sp³-hybridized carbons (Fsp3) is 0.846. The van der Waals surface area contributed by atoms with Crippen LogP contribution >= 0.6 is 0 Å². The largest absolute Gasteiger partial charge is 0.481 e. The highest BCUT2D eigenvalue weighted by atomic mass is 16.6. The SMILES string of the molecule is CCC(C(=O)O)C1CCCN1C(=O)OC(C)(C)C. The lowest BCUT2D eigenvalue weighted by molar-refractivity contribution is -0.143. The molecule has 0 radical (unpaired) electrons. The van der Waals surface area contributed by atoms with Gasteiger partial charge in [0.1, 0.15) is 5.60 Å². The van der Waals surface area contributed by atoms with Gasteiger partial charge in [-0.15, -0.1) is 0 Å². The van der Waals surface area contributed by atoms with E-state index in [1.165, 1.54) is 0 Å². The number of carboxylic acid groups (broad SMARTS) is 1. The van der Waals surface area contributed by atoms with Crippen LogP contribution in [0.5, 0.6) is 0 Å². The summed E-state index contributed by atoms with van der Waals surface area (Å²) in [6.07, 6.45) is 1.71. The van der Waals surface area contributed by atoms with Gasteiger partial charge >= 0.3 is 12.1 Å². The maximum Gasteiger partial charge on any atom is 0.410 e. The molecule has 5 nitrogen and oxygen atoms in total. The van der Waals surface area contributed by atoms with E-state index < -0.39 is 23.6 Å². The molecule has 0 aromatic carbocycles. The van der Waals surface area contributed by atoms with Crippen LogP contribution in [-0.4, -0.2) is 40.3 Å². The minimum Gasteiger partial charge on any atom is -0.481 e. The fourth-order valence-electron chi connectivity index (χ4n) is 2.37. The van der Waals surface area contributed by atoms with Crippen LogP contribution in [-0.2, 0) is 9.53 Å². The molecule has 0 bridgehead atoms. The van der Waals surface area contributed by atoms with E-state index in [4.69, 9.17) is 4.74 Å². The number of likely N-dealkylation sites (tertiary alicyclic amines) is 1. The highest BCUT2D eigenvalue weighted by Gasteiger charge is 2.39. The van der Waals surface area contributed by atoms with Crippen LogP contribution in [0, 0.1) is 5.92 Å². The number of carboxylic acids is 1. The first-order valence-corrected chi connectivity index (χ1v) is 6.48. The molecule has 5 heteroatoms. The van der Waals surface area contributed by atoms with E-state index >= 15 is 0 Å². The van der Waals surface area contributed by atoms with Crippen molar-refractivity contribution in [2.45, 2.75) is 58.6 Å². The number of hydrogen-bond donors (Lipinski definition) is 1. The molecule has 0 aromatic heterocycles. The van der Waals surface area contributed by atoms with Gasteiger partial charge in [-0.2, -0.15) is 0 Å². The van der Waals surface area contributed by atoms with Gasteiger partial charge in [0.25, 0.3) is 0 Å². The standard InChI is InChI=1S/C13H23NO4/c1-5-9(11(15)16)10-7-6-8-14(10)12(17)18-13(2,3)4/h9-10H,5-8H2,1-4H3,(H,15,16). The molecule has 0 saturated carbocycles. The topological polar surface area (TPSA) is 66.8 Å². The van der Waals surface area contributed by atoms with Crippen molar-refractivity contribution in [3.05, 3.63) is 0 Å². The minimum atomic E-state index is -0.835. The van der Waals surface area contributed by atoms with E-state index in [0.717, 1.165) is 12.8 Å². The Morgan fingerprint density at radius 3 is 2.50 bits per heavy atom. The van der Waals surface area contributed by atoms with Crippen molar-refractivity contribution in [2.75, 3.05) is 6.54 Å². The van der Waals surface area contributed by atoms with Crippen molar-refractivity contribution < 1.29 is 19.4 Å². The summed E-state index contributed by atoms with van der Waals surface area (Å²) >= 11 is 0. The van der Waals surface area contributed by atoms with Gasteiger partial charge in [0.05, 0.1) is 5.92 Å². The Labute approximate surface area is 108 Å². The third kappa shape index (κ3) is 3.62. The minimum absolute atomic E-state index is 0.234. The Morgan fingerprint density at radius 1 is 1.44 bits per heavy atom. The average Bonchev–Trinajstić information content (AvgIpc) is 2.64. The lowest BCUT2D eigenvalue weighted by Gasteiger charge is -2.31. The smallest absolute Gasteiger partial charge is 0.410 e. The summed E-state index contributed by atoms with van der Waals surface area (Å²) in [5.41, 5.74) is -0.546. The zero-order valence-electron chi connectivity index (χ0n) is 11.6. The first kappa shape index (κ1) is 14.8. The lowest BCUT2D eigenvalue weighted by atomic mass is 9.95. The van der Waals surface area contributed by atoms with Gasteiger partial charge in [-0.05, 0) is 40.0 Å². The third-order valence-electron chi connectivity index (χ3n) is 3.15. The Balaban J connectivity index is 2.75. The van der Waals surface area contributed by atoms with Crippen LogP contribution in [0.4, 0.5) is 4.79 Å². The van der Waals surface area contributed by atoms with Crippen LogP contribution in [0.2, 0.25) is 0 Å². The molecular formula is C13H23NO4. The number of carbonyl (C=O) groups excluding carboxylic acids is 1. The monoisotopic (exact) mass is 257 g/mol. The van der Waals surface area contributed by atoms with E-state index in [1.807, 2.05) is 27.7 Å². The van der Waals surface area contributed by atoms with Gasteiger partial charge in [-0.25, -0.2) is 4.79 Å². The fourth-order valence-corrected chi connectivity index (χ4v) is 2.37. The normalized spacial score (nSPS) is 21.8. The quantitative estimate of drug-likeness (QED) is 0.843. The van der Waals surface area contributed by atoms with Crippen LogP contribution in [0.25, 0.3) is 0 Å². The maximum absolute atomic E-state index is 12.0. The molecule has 1 saturated heterocycles. The van der Waals surface area contributed by atoms with Gasteiger partial charge < -0.3 is 14.7 Å². The van der Waals surface area contributed by atoms with Gasteiger partial charge in [0.15, 0.2) is 0 Å². The molecule has 1 N–H and O–H groups in total. The number of aliphatic carboxylic acids is 1. The van der Waals surface area contributed by atoms with Crippen molar-refractivity contribution >= 4 is 12.1 Å². The van der Waals surface area contributed by atoms with E-state index in [9.17, 15) is 14.7 Å². The second-order valence-corrected chi connectivity index (χ2v) is 5.74. The Hall–Kier alpha value is -1.26. The molecule has 0 spiro atoms. The van der Waals surface area contributed by atoms with Gasteiger partial charge in [0.2, 0.25) is 0 Å². The van der Waals surface area contributed by atoms with Crippen LogP contribution in [0.15, 0.2) is 0 Å². The van der Waals surface area contributed by atoms with Crippen molar-refractivity contribution in [3.8, 4) is 0 Å². The summed E-state index contributed by atoms with van der Waals surface area (Å²) < 4.78 is 5.32. The summed E-state index contributed by atoms with van der Waals surface area (Å²) in [5.74, 6) is -1.34. The van der Waals surface area contributed by atoms with Crippen LogP contribution < -0.4 is 0 Å². The van der Waals surface area contributed by atoms with E-state index in [0.29, 0.717) is 13.0 Å². The number of nitrogens with zero attached hydrogens (tertiary/aromatic N) is 1. The summed E-state index contributed by atoms with van der Waals surface area (Å²) in [5, 5.41) is 9.19. The predicted octanol–water partition coefficient (Wildman–Crippen LogP) is 2.50. The van der Waals surface area contributed by atoms with E-state index in [2.05, 4.69) is 0 Å². The molecular weight excluding hydrogens is 234 g/mol. The predicted molar refractivity (Wildman–Crippen MR) is 67.4 cm³/mol. The zero-order valence-corrected chi connectivity index (χ0v) is 11.6. The molecule has 1 aliphatic rings. The average molecular weight is 257 g/mol. The molecule has 104 valence electrons. The van der Waals surface area contributed by atoms with Crippen molar-refractivity contribution in [2.24, 2.45) is 5.92 Å². The molecule has 1 heterocycles.